The Bertz CT molecular complexity index is 1010. The minimum atomic E-state index is -0.252. The molecule has 7 heteroatoms. The number of likely N-dealkylation sites (tertiary alicyclic amines) is 1. The number of benzene rings is 1. The Morgan fingerprint density at radius 1 is 1.06 bits per heavy atom. The summed E-state index contributed by atoms with van der Waals surface area (Å²) in [5, 5.41) is 12.8. The van der Waals surface area contributed by atoms with Gasteiger partial charge in [-0.15, -0.1) is 0 Å². The lowest BCUT2D eigenvalue weighted by Crippen LogP contribution is -2.38. The molecule has 7 nitrogen and oxygen atoms in total. The molecule has 5 rings (SSSR count). The van der Waals surface area contributed by atoms with E-state index < -0.39 is 0 Å². The second kappa shape index (κ2) is 10.6. The first kappa shape index (κ1) is 24.2. The van der Waals surface area contributed by atoms with Gasteiger partial charge in [0, 0.05) is 56.1 Å². The molecule has 1 aromatic carbocycles. The van der Waals surface area contributed by atoms with Crippen molar-refractivity contribution in [1.29, 1.82) is 0 Å². The number of aromatic nitrogens is 1. The van der Waals surface area contributed by atoms with E-state index in [1.165, 1.54) is 5.56 Å². The highest BCUT2D eigenvalue weighted by atomic mass is 16.5. The Kier molecular flexibility index (Phi) is 7.37. The van der Waals surface area contributed by atoms with Gasteiger partial charge in [0.1, 0.15) is 5.82 Å². The molecule has 188 valence electrons. The van der Waals surface area contributed by atoms with Gasteiger partial charge in [0.05, 0.1) is 11.7 Å². The molecule has 0 bridgehead atoms. The first-order valence-corrected chi connectivity index (χ1v) is 13.1. The first-order valence-electron chi connectivity index (χ1n) is 13.1. The van der Waals surface area contributed by atoms with Crippen LogP contribution in [0.5, 0.6) is 0 Å². The second-order valence-electron chi connectivity index (χ2n) is 10.6. The summed E-state index contributed by atoms with van der Waals surface area (Å²) in [6, 6.07) is 11.3. The third-order valence-corrected chi connectivity index (χ3v) is 8.22. The average Bonchev–Trinajstić information content (AvgIpc) is 3.28. The van der Waals surface area contributed by atoms with Crippen LogP contribution in [0, 0.1) is 5.92 Å². The number of nitrogens with zero attached hydrogens (tertiary/aromatic N) is 2. The molecule has 3 fully saturated rings. The van der Waals surface area contributed by atoms with Crippen molar-refractivity contribution in [3.05, 3.63) is 47.7 Å². The zero-order valence-corrected chi connectivity index (χ0v) is 20.7. The van der Waals surface area contributed by atoms with Crippen LogP contribution in [-0.4, -0.2) is 65.4 Å². The quantitative estimate of drug-likeness (QED) is 0.607. The number of carbonyl (C=O) groups is 1. The Labute approximate surface area is 208 Å². The summed E-state index contributed by atoms with van der Waals surface area (Å²) in [4.78, 5) is 19.9. The summed E-state index contributed by atoms with van der Waals surface area (Å²) in [5.41, 5.74) is 9.77. The second-order valence-corrected chi connectivity index (χ2v) is 10.6. The Morgan fingerprint density at radius 3 is 2.49 bits per heavy atom. The van der Waals surface area contributed by atoms with Crippen LogP contribution in [0.25, 0.3) is 11.1 Å². The fraction of sp³-hybridized carbons (Fsp3) is 0.571. The number of nitrogens with one attached hydrogen (secondary N) is 1. The van der Waals surface area contributed by atoms with Crippen LogP contribution in [0.3, 0.4) is 0 Å². The number of rotatable bonds is 5. The molecule has 3 heterocycles. The van der Waals surface area contributed by atoms with Gasteiger partial charge in [-0.25, -0.2) is 4.98 Å². The summed E-state index contributed by atoms with van der Waals surface area (Å²) < 4.78 is 5.55. The molecule has 2 aromatic rings. The van der Waals surface area contributed by atoms with E-state index in [9.17, 15) is 9.90 Å². The highest BCUT2D eigenvalue weighted by Gasteiger charge is 2.35. The number of hydrogen-bond acceptors (Lipinski definition) is 6. The van der Waals surface area contributed by atoms with Crippen LogP contribution in [0.15, 0.2) is 36.5 Å². The number of amides is 1. The molecule has 3 aliphatic rings. The molecule has 0 unspecified atom stereocenters. The standard InChI is InChI=1S/C28H38N4O3/c1-18-16-32(23-10-12-35-13-11-23)17-26(18)20-4-2-19(3-5-20)21-14-25(27(29)30-15-21)28(34)31-22-6-8-24(33)9-7-22/h2-5,14-15,18,22-24,26,33H,6-13,16-17H2,1H3,(H2,29,30)(H,31,34)/t18-,22-,24+,26-/m1/s1. The van der Waals surface area contributed by atoms with E-state index in [2.05, 4.69) is 46.4 Å². The Hall–Kier alpha value is -2.48. The van der Waals surface area contributed by atoms with Gasteiger partial charge in [-0.05, 0) is 61.6 Å². The topological polar surface area (TPSA) is 101 Å². The minimum absolute atomic E-state index is 0.0716. The van der Waals surface area contributed by atoms with Crippen molar-refractivity contribution in [2.24, 2.45) is 5.92 Å². The van der Waals surface area contributed by atoms with E-state index >= 15 is 0 Å². The monoisotopic (exact) mass is 478 g/mol. The van der Waals surface area contributed by atoms with Gasteiger partial charge in [0.25, 0.3) is 5.91 Å². The molecule has 1 aliphatic carbocycles. The van der Waals surface area contributed by atoms with Crippen LogP contribution in [-0.2, 0) is 4.74 Å². The molecule has 2 atom stereocenters. The molecular formula is C28H38N4O3. The first-order chi connectivity index (χ1) is 17.0. The molecule has 4 N–H and O–H groups in total. The summed E-state index contributed by atoms with van der Waals surface area (Å²) in [6.07, 6.45) is 6.78. The number of ether oxygens (including phenoxy) is 1. The van der Waals surface area contributed by atoms with E-state index in [0.29, 0.717) is 23.4 Å². The van der Waals surface area contributed by atoms with Crippen LogP contribution >= 0.6 is 0 Å². The summed E-state index contributed by atoms with van der Waals surface area (Å²) in [5.74, 6) is 1.21. The van der Waals surface area contributed by atoms with Gasteiger partial charge in [-0.3, -0.25) is 9.69 Å². The lowest BCUT2D eigenvalue weighted by atomic mass is 9.89. The van der Waals surface area contributed by atoms with Crippen molar-refractivity contribution in [3.8, 4) is 11.1 Å². The van der Waals surface area contributed by atoms with Gasteiger partial charge in [-0.1, -0.05) is 31.2 Å². The Morgan fingerprint density at radius 2 is 1.77 bits per heavy atom. The lowest BCUT2D eigenvalue weighted by molar-refractivity contribution is 0.0411. The van der Waals surface area contributed by atoms with Crippen LogP contribution < -0.4 is 11.1 Å². The molecule has 2 aliphatic heterocycles. The fourth-order valence-corrected chi connectivity index (χ4v) is 6.01. The van der Waals surface area contributed by atoms with Crippen LogP contribution in [0.4, 0.5) is 5.82 Å². The smallest absolute Gasteiger partial charge is 0.255 e. The fourth-order valence-electron chi connectivity index (χ4n) is 6.01. The van der Waals surface area contributed by atoms with Crippen molar-refractivity contribution in [2.45, 2.75) is 69.6 Å². The van der Waals surface area contributed by atoms with Crippen molar-refractivity contribution >= 4 is 11.7 Å². The van der Waals surface area contributed by atoms with E-state index in [-0.39, 0.29) is 23.9 Å². The number of aliphatic hydroxyl groups is 1. The number of nitrogens with two attached hydrogens (primary N) is 1. The number of aliphatic hydroxyl groups excluding tert-OH is 1. The summed E-state index contributed by atoms with van der Waals surface area (Å²) in [7, 11) is 0. The highest BCUT2D eigenvalue weighted by Crippen LogP contribution is 2.36. The van der Waals surface area contributed by atoms with Crippen LogP contribution in [0.1, 0.15) is 67.3 Å². The molecule has 35 heavy (non-hydrogen) atoms. The molecule has 0 radical (unpaired) electrons. The van der Waals surface area contributed by atoms with Gasteiger partial charge in [0.15, 0.2) is 0 Å². The predicted octanol–water partition coefficient (Wildman–Crippen LogP) is 3.58. The molecule has 1 aromatic heterocycles. The van der Waals surface area contributed by atoms with E-state index in [4.69, 9.17) is 10.5 Å². The maximum atomic E-state index is 12.9. The molecule has 2 saturated heterocycles. The third-order valence-electron chi connectivity index (χ3n) is 8.22. The molecule has 1 amide bonds. The average molecular weight is 479 g/mol. The SMILES string of the molecule is C[C@@H]1CN(C2CCOCC2)C[C@H]1c1ccc(-c2cnc(N)c(C(=O)N[C@H]3CC[C@@H](O)CC3)c2)cc1. The number of hydrogen-bond donors (Lipinski definition) is 3. The van der Waals surface area contributed by atoms with Gasteiger partial charge >= 0.3 is 0 Å². The minimum Gasteiger partial charge on any atom is -0.393 e. The Balaban J connectivity index is 1.26. The predicted molar refractivity (Wildman–Crippen MR) is 137 cm³/mol. The largest absolute Gasteiger partial charge is 0.393 e. The number of pyridine rings is 1. The zero-order valence-electron chi connectivity index (χ0n) is 20.7. The van der Waals surface area contributed by atoms with Gasteiger partial charge in [-0.2, -0.15) is 0 Å². The zero-order chi connectivity index (χ0) is 24.4. The summed E-state index contributed by atoms with van der Waals surface area (Å²) >= 11 is 0. The van der Waals surface area contributed by atoms with Gasteiger partial charge < -0.3 is 20.9 Å². The molecule has 0 spiro atoms. The molecule has 1 saturated carbocycles. The third kappa shape index (κ3) is 5.52. The van der Waals surface area contributed by atoms with E-state index in [0.717, 1.165) is 76.0 Å². The number of carbonyl (C=O) groups excluding carboxylic acids is 1. The number of anilines is 1. The lowest BCUT2D eigenvalue weighted by Gasteiger charge is -2.31. The van der Waals surface area contributed by atoms with Crippen LogP contribution in [0.2, 0.25) is 0 Å². The maximum Gasteiger partial charge on any atom is 0.255 e. The summed E-state index contributed by atoms with van der Waals surface area (Å²) in [6.45, 7) is 6.39. The van der Waals surface area contributed by atoms with E-state index in [1.807, 2.05) is 6.07 Å². The van der Waals surface area contributed by atoms with Crippen molar-refractivity contribution < 1.29 is 14.6 Å². The van der Waals surface area contributed by atoms with Crippen molar-refractivity contribution in [2.75, 3.05) is 32.0 Å². The molecular weight excluding hydrogens is 440 g/mol. The number of nitrogen functional groups attached to an aromatic ring is 1. The highest BCUT2D eigenvalue weighted by molar-refractivity contribution is 5.99. The van der Waals surface area contributed by atoms with E-state index in [1.54, 1.807) is 6.20 Å². The van der Waals surface area contributed by atoms with Crippen molar-refractivity contribution in [1.82, 2.24) is 15.2 Å². The maximum absolute atomic E-state index is 12.9. The van der Waals surface area contributed by atoms with Gasteiger partial charge in [0.2, 0.25) is 0 Å². The normalized spacial score (nSPS) is 28.2. The van der Waals surface area contributed by atoms with Crippen molar-refractivity contribution in [3.63, 3.8) is 0 Å².